The molecule has 0 aliphatic heterocycles. The van der Waals surface area contributed by atoms with Crippen molar-refractivity contribution in [2.45, 2.75) is 19.8 Å². The minimum Gasteiger partial charge on any atom is -0.383 e. The Hall–Kier alpha value is -1.40. The van der Waals surface area contributed by atoms with E-state index in [1.54, 1.807) is 13.2 Å². The van der Waals surface area contributed by atoms with Gasteiger partial charge in [0.25, 0.3) is 5.91 Å². The normalized spacial score (nSPS) is 10.9. The second-order valence-electron chi connectivity index (χ2n) is 4.27. The second-order valence-corrected chi connectivity index (χ2v) is 4.27. The fraction of sp³-hybridized carbons (Fsp3) is 0.667. The van der Waals surface area contributed by atoms with Crippen molar-refractivity contribution in [1.29, 1.82) is 0 Å². The van der Waals surface area contributed by atoms with E-state index in [1.165, 1.54) is 0 Å². The van der Waals surface area contributed by atoms with E-state index in [2.05, 4.69) is 15.8 Å². The third-order valence-corrected chi connectivity index (χ3v) is 2.41. The predicted octanol–water partition coefficient (Wildman–Crippen LogP) is 0.764. The van der Waals surface area contributed by atoms with Crippen molar-refractivity contribution >= 4 is 5.91 Å². The van der Waals surface area contributed by atoms with Gasteiger partial charge in [-0.3, -0.25) is 4.79 Å². The van der Waals surface area contributed by atoms with Crippen molar-refractivity contribution in [2.24, 2.45) is 0 Å². The van der Waals surface area contributed by atoms with Gasteiger partial charge >= 0.3 is 0 Å². The minimum absolute atomic E-state index is 0.233. The van der Waals surface area contributed by atoms with Crippen molar-refractivity contribution in [1.82, 2.24) is 15.8 Å². The zero-order valence-electron chi connectivity index (χ0n) is 11.2. The van der Waals surface area contributed by atoms with Crippen LogP contribution in [0, 0.1) is 0 Å². The van der Waals surface area contributed by atoms with E-state index in [1.807, 2.05) is 13.8 Å². The summed E-state index contributed by atoms with van der Waals surface area (Å²) in [7, 11) is 1.65. The van der Waals surface area contributed by atoms with Gasteiger partial charge in [0.2, 0.25) is 5.76 Å². The molecule has 0 radical (unpaired) electrons. The minimum atomic E-state index is -0.233. The lowest BCUT2D eigenvalue weighted by molar-refractivity contribution is 0.0916. The molecule has 6 nitrogen and oxygen atoms in total. The zero-order chi connectivity index (χ0) is 13.4. The Labute approximate surface area is 107 Å². The average Bonchev–Trinajstić information content (AvgIpc) is 2.83. The largest absolute Gasteiger partial charge is 0.383 e. The zero-order valence-corrected chi connectivity index (χ0v) is 11.2. The first kappa shape index (κ1) is 14.7. The van der Waals surface area contributed by atoms with E-state index in [4.69, 9.17) is 9.26 Å². The maximum atomic E-state index is 11.7. The molecule has 0 aliphatic carbocycles. The van der Waals surface area contributed by atoms with Gasteiger partial charge in [-0.05, 0) is 5.92 Å². The van der Waals surface area contributed by atoms with Gasteiger partial charge in [0.15, 0.2) is 0 Å². The lowest BCUT2D eigenvalue weighted by Crippen LogP contribution is -2.32. The van der Waals surface area contributed by atoms with Gasteiger partial charge in [-0.2, -0.15) is 0 Å². The summed E-state index contributed by atoms with van der Waals surface area (Å²) in [5, 5.41) is 9.72. The molecule has 0 saturated heterocycles. The molecule has 18 heavy (non-hydrogen) atoms. The lowest BCUT2D eigenvalue weighted by Gasteiger charge is -2.04. The molecule has 0 saturated carbocycles. The molecule has 1 amide bonds. The first-order valence-electron chi connectivity index (χ1n) is 6.09. The summed E-state index contributed by atoms with van der Waals surface area (Å²) in [6.45, 7) is 6.67. The summed E-state index contributed by atoms with van der Waals surface area (Å²) >= 11 is 0. The standard InChI is InChI=1S/C12H21N3O3/c1-9(2)10-8-11(18-15-10)12(16)14-5-4-13-6-7-17-3/h8-9,13H,4-7H2,1-3H3,(H,14,16). The highest BCUT2D eigenvalue weighted by Gasteiger charge is 2.13. The van der Waals surface area contributed by atoms with Gasteiger partial charge in [0, 0.05) is 32.8 Å². The number of hydrogen-bond acceptors (Lipinski definition) is 5. The van der Waals surface area contributed by atoms with E-state index in [-0.39, 0.29) is 17.6 Å². The summed E-state index contributed by atoms with van der Waals surface area (Å²) in [5.74, 6) is 0.282. The van der Waals surface area contributed by atoms with Crippen LogP contribution in [0.1, 0.15) is 36.0 Å². The van der Waals surface area contributed by atoms with Crippen molar-refractivity contribution in [3.8, 4) is 0 Å². The van der Waals surface area contributed by atoms with Crippen LogP contribution in [0.5, 0.6) is 0 Å². The molecule has 0 fully saturated rings. The van der Waals surface area contributed by atoms with Crippen molar-refractivity contribution in [2.75, 3.05) is 33.4 Å². The summed E-state index contributed by atoms with van der Waals surface area (Å²) < 4.78 is 9.87. The van der Waals surface area contributed by atoms with Gasteiger partial charge in [-0.25, -0.2) is 0 Å². The van der Waals surface area contributed by atoms with Gasteiger partial charge in [-0.1, -0.05) is 19.0 Å². The maximum Gasteiger partial charge on any atom is 0.289 e. The highest BCUT2D eigenvalue weighted by atomic mass is 16.5. The first-order valence-corrected chi connectivity index (χ1v) is 6.09. The van der Waals surface area contributed by atoms with Crippen LogP contribution in [0.3, 0.4) is 0 Å². The van der Waals surface area contributed by atoms with Crippen LogP contribution < -0.4 is 10.6 Å². The van der Waals surface area contributed by atoms with Gasteiger partial charge in [-0.15, -0.1) is 0 Å². The third-order valence-electron chi connectivity index (χ3n) is 2.41. The Morgan fingerprint density at radius 1 is 1.44 bits per heavy atom. The average molecular weight is 255 g/mol. The van der Waals surface area contributed by atoms with Crippen LogP contribution in [0.4, 0.5) is 0 Å². The fourth-order valence-corrected chi connectivity index (χ4v) is 1.32. The van der Waals surface area contributed by atoms with E-state index >= 15 is 0 Å². The SMILES string of the molecule is COCCNCCNC(=O)c1cc(C(C)C)no1. The number of aromatic nitrogens is 1. The summed E-state index contributed by atoms with van der Waals surface area (Å²) in [5.41, 5.74) is 0.790. The molecule has 0 unspecified atom stereocenters. The summed E-state index contributed by atoms with van der Waals surface area (Å²) in [6, 6.07) is 1.68. The van der Waals surface area contributed by atoms with E-state index in [9.17, 15) is 4.79 Å². The molecule has 0 spiro atoms. The van der Waals surface area contributed by atoms with E-state index < -0.39 is 0 Å². The molecule has 0 bridgehead atoms. The second kappa shape index (κ2) is 7.84. The lowest BCUT2D eigenvalue weighted by atomic mass is 10.1. The monoisotopic (exact) mass is 255 g/mol. The van der Waals surface area contributed by atoms with Crippen LogP contribution in [-0.2, 0) is 4.74 Å². The molecule has 2 N–H and O–H groups in total. The van der Waals surface area contributed by atoms with Crippen molar-refractivity contribution in [3.05, 3.63) is 17.5 Å². The molecule has 1 aromatic heterocycles. The number of rotatable bonds is 8. The molecule has 1 aromatic rings. The molecule has 0 aromatic carbocycles. The van der Waals surface area contributed by atoms with Crippen LogP contribution >= 0.6 is 0 Å². The summed E-state index contributed by atoms with van der Waals surface area (Å²) in [6.07, 6.45) is 0. The highest BCUT2D eigenvalue weighted by Crippen LogP contribution is 2.13. The topological polar surface area (TPSA) is 76.4 Å². The highest BCUT2D eigenvalue weighted by molar-refractivity contribution is 5.91. The Bertz CT molecular complexity index is 363. The molecule has 0 aliphatic rings. The molecule has 1 heterocycles. The van der Waals surface area contributed by atoms with Gasteiger partial charge in [0.1, 0.15) is 0 Å². The Balaban J connectivity index is 2.23. The fourth-order valence-electron chi connectivity index (χ4n) is 1.32. The third kappa shape index (κ3) is 4.85. The number of carbonyl (C=O) groups excluding carboxylic acids is 1. The smallest absolute Gasteiger partial charge is 0.289 e. The Kier molecular flexibility index (Phi) is 6.38. The van der Waals surface area contributed by atoms with E-state index in [0.29, 0.717) is 19.7 Å². The number of methoxy groups -OCH3 is 1. The first-order chi connectivity index (χ1) is 8.65. The van der Waals surface area contributed by atoms with Crippen molar-refractivity contribution < 1.29 is 14.1 Å². The number of nitrogens with zero attached hydrogens (tertiary/aromatic N) is 1. The predicted molar refractivity (Wildman–Crippen MR) is 67.7 cm³/mol. The maximum absolute atomic E-state index is 11.7. The molecule has 6 heteroatoms. The van der Waals surface area contributed by atoms with Crippen molar-refractivity contribution in [3.63, 3.8) is 0 Å². The Morgan fingerprint density at radius 2 is 2.22 bits per heavy atom. The van der Waals surface area contributed by atoms with Crippen LogP contribution in [0.2, 0.25) is 0 Å². The quantitative estimate of drug-likeness (QED) is 0.671. The molecular weight excluding hydrogens is 234 g/mol. The van der Waals surface area contributed by atoms with Gasteiger partial charge in [0.05, 0.1) is 12.3 Å². The Morgan fingerprint density at radius 3 is 2.83 bits per heavy atom. The number of amides is 1. The number of hydrogen-bond donors (Lipinski definition) is 2. The molecule has 1 rings (SSSR count). The molecule has 102 valence electrons. The number of nitrogens with one attached hydrogen (secondary N) is 2. The summed E-state index contributed by atoms with van der Waals surface area (Å²) in [4.78, 5) is 11.7. The van der Waals surface area contributed by atoms with E-state index in [0.717, 1.165) is 12.2 Å². The molecule has 0 atom stereocenters. The van der Waals surface area contributed by atoms with Gasteiger partial charge < -0.3 is 19.9 Å². The number of carbonyl (C=O) groups is 1. The van der Waals surface area contributed by atoms with Crippen LogP contribution in [0.25, 0.3) is 0 Å². The van der Waals surface area contributed by atoms with Crippen LogP contribution in [0.15, 0.2) is 10.6 Å². The number of ether oxygens (including phenoxy) is 1. The molecular formula is C12H21N3O3. The van der Waals surface area contributed by atoms with Crippen LogP contribution in [-0.4, -0.2) is 44.4 Å².